The molecular weight excluding hydrogens is 333 g/mol. The van der Waals surface area contributed by atoms with E-state index in [0.29, 0.717) is 35.0 Å². The quantitative estimate of drug-likeness (QED) is 0.646. The molecule has 0 aliphatic carbocycles. The van der Waals surface area contributed by atoms with Crippen LogP contribution >= 0.6 is 0 Å². The molecule has 3 rings (SSSR count). The van der Waals surface area contributed by atoms with E-state index in [0.717, 1.165) is 5.56 Å². The maximum absolute atomic E-state index is 14.0. The lowest BCUT2D eigenvalue weighted by molar-refractivity contribution is 0.399. The van der Waals surface area contributed by atoms with Gasteiger partial charge in [-0.15, -0.1) is 0 Å². The Balaban J connectivity index is 2.02. The number of anilines is 1. The first-order chi connectivity index (χ1) is 12.6. The minimum Gasteiger partial charge on any atom is -0.497 e. The monoisotopic (exact) mass is 353 g/mol. The number of ether oxygens (including phenoxy) is 3. The highest BCUT2D eigenvalue weighted by atomic mass is 19.1. The Morgan fingerprint density at radius 2 is 1.62 bits per heavy atom. The first-order valence-corrected chi connectivity index (χ1v) is 8.12. The summed E-state index contributed by atoms with van der Waals surface area (Å²) in [6, 6.07) is 17.4. The number of nitrogen functional groups attached to an aromatic ring is 1. The van der Waals surface area contributed by atoms with Crippen LogP contribution in [0.1, 0.15) is 11.1 Å². The lowest BCUT2D eigenvalue weighted by Crippen LogP contribution is -2.01. The summed E-state index contributed by atoms with van der Waals surface area (Å²) in [5, 5.41) is 0. The Labute approximate surface area is 151 Å². The van der Waals surface area contributed by atoms with Gasteiger partial charge in [0.15, 0.2) is 5.75 Å². The Kier molecular flexibility index (Phi) is 5.27. The van der Waals surface area contributed by atoms with Crippen molar-refractivity contribution >= 4 is 5.69 Å². The molecule has 2 N–H and O–H groups in total. The van der Waals surface area contributed by atoms with Crippen molar-refractivity contribution in [2.75, 3.05) is 20.0 Å². The van der Waals surface area contributed by atoms with E-state index in [1.807, 2.05) is 48.5 Å². The molecule has 0 atom stereocenters. The molecular formula is C21H20FNO3. The molecule has 4 nitrogen and oxygen atoms in total. The van der Waals surface area contributed by atoms with Gasteiger partial charge in [0.2, 0.25) is 0 Å². The molecule has 0 amide bonds. The van der Waals surface area contributed by atoms with Crippen LogP contribution in [0.15, 0.2) is 60.7 Å². The lowest BCUT2D eigenvalue weighted by atomic mass is 10.0. The van der Waals surface area contributed by atoms with E-state index in [4.69, 9.17) is 19.9 Å². The number of benzene rings is 3. The zero-order valence-corrected chi connectivity index (χ0v) is 14.7. The van der Waals surface area contributed by atoms with Gasteiger partial charge in [-0.1, -0.05) is 18.2 Å². The van der Waals surface area contributed by atoms with Crippen LogP contribution in [0.2, 0.25) is 0 Å². The molecule has 0 unspecified atom stereocenters. The fourth-order valence-electron chi connectivity index (χ4n) is 2.76. The average molecular weight is 353 g/mol. The molecule has 26 heavy (non-hydrogen) atoms. The van der Waals surface area contributed by atoms with Crippen molar-refractivity contribution in [3.63, 3.8) is 0 Å². The molecule has 0 aromatic heterocycles. The first kappa shape index (κ1) is 17.6. The molecule has 0 saturated carbocycles. The van der Waals surface area contributed by atoms with Crippen LogP contribution in [0.25, 0.3) is 0 Å². The Morgan fingerprint density at radius 3 is 2.31 bits per heavy atom. The molecule has 0 fully saturated rings. The number of para-hydroxylation sites is 1. The molecule has 0 spiro atoms. The molecule has 0 bridgehead atoms. The molecule has 0 aliphatic heterocycles. The van der Waals surface area contributed by atoms with Gasteiger partial charge in [-0.3, -0.25) is 0 Å². The first-order valence-electron chi connectivity index (χ1n) is 8.12. The molecule has 0 radical (unpaired) electrons. The molecule has 0 saturated heterocycles. The van der Waals surface area contributed by atoms with Gasteiger partial charge >= 0.3 is 0 Å². The topological polar surface area (TPSA) is 53.7 Å². The van der Waals surface area contributed by atoms with E-state index in [9.17, 15) is 4.39 Å². The Bertz CT molecular complexity index is 897. The summed E-state index contributed by atoms with van der Waals surface area (Å²) in [5.41, 5.74) is 7.74. The number of rotatable bonds is 6. The minimum absolute atomic E-state index is 0.241. The second-order valence-electron chi connectivity index (χ2n) is 5.75. The van der Waals surface area contributed by atoms with Crippen molar-refractivity contribution in [2.24, 2.45) is 0 Å². The van der Waals surface area contributed by atoms with Gasteiger partial charge in [0, 0.05) is 23.6 Å². The van der Waals surface area contributed by atoms with Crippen LogP contribution in [0, 0.1) is 5.82 Å². The van der Waals surface area contributed by atoms with Gasteiger partial charge in [0.1, 0.15) is 23.1 Å². The third-order valence-corrected chi connectivity index (χ3v) is 3.99. The maximum atomic E-state index is 14.0. The number of hydrogen-bond acceptors (Lipinski definition) is 4. The van der Waals surface area contributed by atoms with E-state index in [2.05, 4.69) is 0 Å². The van der Waals surface area contributed by atoms with Crippen LogP contribution in [0.5, 0.6) is 23.0 Å². The summed E-state index contributed by atoms with van der Waals surface area (Å²) in [6.07, 6.45) is 0.379. The highest BCUT2D eigenvalue weighted by Gasteiger charge is 2.15. The number of nitrogens with two attached hydrogens (primary N) is 1. The second kappa shape index (κ2) is 7.78. The standard InChI is InChI=1S/C21H20FNO3/c1-24-18-8-9-20(25-2)14(12-18)10-15-11-16(22)13-19(23)21(15)26-17-6-4-3-5-7-17/h3-9,11-13H,10,23H2,1-2H3. The normalized spacial score (nSPS) is 10.4. The minimum atomic E-state index is -0.417. The van der Waals surface area contributed by atoms with Gasteiger partial charge in [0.25, 0.3) is 0 Å². The molecule has 3 aromatic carbocycles. The van der Waals surface area contributed by atoms with Crippen LogP contribution < -0.4 is 19.9 Å². The predicted octanol–water partition coefficient (Wildman–Crippen LogP) is 4.81. The summed E-state index contributed by atoms with van der Waals surface area (Å²) in [7, 11) is 3.18. The SMILES string of the molecule is COc1ccc(OC)c(Cc2cc(F)cc(N)c2Oc2ccccc2)c1. The Hall–Kier alpha value is -3.21. The number of hydrogen-bond donors (Lipinski definition) is 1. The molecule has 5 heteroatoms. The van der Waals surface area contributed by atoms with E-state index in [-0.39, 0.29) is 5.69 Å². The van der Waals surface area contributed by atoms with E-state index >= 15 is 0 Å². The van der Waals surface area contributed by atoms with Crippen LogP contribution in [0.3, 0.4) is 0 Å². The number of methoxy groups -OCH3 is 2. The molecule has 134 valence electrons. The van der Waals surface area contributed by atoms with E-state index in [1.54, 1.807) is 14.2 Å². The smallest absolute Gasteiger partial charge is 0.154 e. The molecule has 0 heterocycles. The summed E-state index contributed by atoms with van der Waals surface area (Å²) in [4.78, 5) is 0. The van der Waals surface area contributed by atoms with Crippen molar-refractivity contribution in [2.45, 2.75) is 6.42 Å². The maximum Gasteiger partial charge on any atom is 0.154 e. The van der Waals surface area contributed by atoms with Crippen LogP contribution in [-0.2, 0) is 6.42 Å². The van der Waals surface area contributed by atoms with Gasteiger partial charge in [-0.25, -0.2) is 4.39 Å². The van der Waals surface area contributed by atoms with Crippen molar-refractivity contribution < 1.29 is 18.6 Å². The highest BCUT2D eigenvalue weighted by molar-refractivity contribution is 5.60. The van der Waals surface area contributed by atoms with Gasteiger partial charge in [-0.2, -0.15) is 0 Å². The van der Waals surface area contributed by atoms with Crippen molar-refractivity contribution in [1.29, 1.82) is 0 Å². The third-order valence-electron chi connectivity index (χ3n) is 3.99. The third kappa shape index (κ3) is 3.88. The van der Waals surface area contributed by atoms with Gasteiger partial charge < -0.3 is 19.9 Å². The summed E-state index contributed by atoms with van der Waals surface area (Å²) >= 11 is 0. The van der Waals surface area contributed by atoms with Crippen molar-refractivity contribution in [1.82, 2.24) is 0 Å². The second-order valence-corrected chi connectivity index (χ2v) is 5.75. The fourth-order valence-corrected chi connectivity index (χ4v) is 2.76. The predicted molar refractivity (Wildman–Crippen MR) is 99.7 cm³/mol. The van der Waals surface area contributed by atoms with E-state index < -0.39 is 5.82 Å². The van der Waals surface area contributed by atoms with Gasteiger partial charge in [-0.05, 0) is 36.4 Å². The van der Waals surface area contributed by atoms with Crippen molar-refractivity contribution in [3.8, 4) is 23.0 Å². The summed E-state index contributed by atoms with van der Waals surface area (Å²) < 4.78 is 30.6. The highest BCUT2D eigenvalue weighted by Crippen LogP contribution is 2.36. The van der Waals surface area contributed by atoms with Gasteiger partial charge in [0.05, 0.1) is 19.9 Å². The zero-order valence-electron chi connectivity index (χ0n) is 14.7. The van der Waals surface area contributed by atoms with Crippen LogP contribution in [-0.4, -0.2) is 14.2 Å². The van der Waals surface area contributed by atoms with E-state index in [1.165, 1.54) is 12.1 Å². The number of halogens is 1. The summed E-state index contributed by atoms with van der Waals surface area (Å²) in [5.74, 6) is 2.02. The Morgan fingerprint density at radius 1 is 0.846 bits per heavy atom. The van der Waals surface area contributed by atoms with Crippen LogP contribution in [0.4, 0.5) is 10.1 Å². The zero-order chi connectivity index (χ0) is 18.5. The largest absolute Gasteiger partial charge is 0.497 e. The summed E-state index contributed by atoms with van der Waals surface area (Å²) in [6.45, 7) is 0. The molecule has 3 aromatic rings. The average Bonchev–Trinajstić information content (AvgIpc) is 2.65. The molecule has 0 aliphatic rings. The van der Waals surface area contributed by atoms with Crippen molar-refractivity contribution in [3.05, 3.63) is 77.6 Å². The fraction of sp³-hybridized carbons (Fsp3) is 0.143. The lowest BCUT2D eigenvalue weighted by Gasteiger charge is -2.16.